The summed E-state index contributed by atoms with van der Waals surface area (Å²) in [4.78, 5) is 1.08. The number of hydrogen-bond donors (Lipinski definition) is 1. The Hall–Kier alpha value is -0.780. The normalized spacial score (nSPS) is 10.6. The number of nitrogen functional groups attached to an aromatic ring is 1. The molecule has 0 amide bonds. The van der Waals surface area contributed by atoms with Gasteiger partial charge in [0.05, 0.1) is 5.75 Å². The lowest BCUT2D eigenvalue weighted by molar-refractivity contribution is 1.04. The molecule has 0 fully saturated rings. The van der Waals surface area contributed by atoms with Crippen molar-refractivity contribution in [2.45, 2.75) is 17.6 Å². The molecule has 0 unspecified atom stereocenters. The molecule has 0 aliphatic rings. The zero-order valence-electron chi connectivity index (χ0n) is 8.61. The molecule has 1 aromatic heterocycles. The van der Waals surface area contributed by atoms with E-state index in [4.69, 9.17) is 17.3 Å². The summed E-state index contributed by atoms with van der Waals surface area (Å²) in [5, 5.41) is 8.63. The molecule has 0 aliphatic heterocycles. The van der Waals surface area contributed by atoms with Crippen LogP contribution in [0.15, 0.2) is 23.1 Å². The molecular formula is C10H10ClN3S2. The maximum atomic E-state index is 5.88. The highest BCUT2D eigenvalue weighted by Gasteiger charge is 2.05. The van der Waals surface area contributed by atoms with Gasteiger partial charge in [0, 0.05) is 10.6 Å². The molecular weight excluding hydrogens is 262 g/mol. The Bertz CT molecular complexity index is 499. The third-order valence-corrected chi connectivity index (χ3v) is 4.25. The Morgan fingerprint density at radius 3 is 2.94 bits per heavy atom. The molecule has 0 aliphatic carbocycles. The van der Waals surface area contributed by atoms with Crippen LogP contribution in [0.5, 0.6) is 0 Å². The number of nitrogens with two attached hydrogens (primary N) is 1. The van der Waals surface area contributed by atoms with E-state index < -0.39 is 0 Å². The fourth-order valence-electron chi connectivity index (χ4n) is 1.20. The highest BCUT2D eigenvalue weighted by atomic mass is 35.5. The Kier molecular flexibility index (Phi) is 3.68. The predicted octanol–water partition coefficient (Wildman–Crippen LogP) is 3.37. The van der Waals surface area contributed by atoms with Crippen LogP contribution in [-0.4, -0.2) is 10.2 Å². The van der Waals surface area contributed by atoms with Gasteiger partial charge in [0.25, 0.3) is 0 Å². The topological polar surface area (TPSA) is 51.8 Å². The lowest BCUT2D eigenvalue weighted by atomic mass is 10.2. The van der Waals surface area contributed by atoms with Gasteiger partial charge < -0.3 is 5.73 Å². The second-order valence-electron chi connectivity index (χ2n) is 3.28. The number of halogens is 1. The zero-order valence-corrected chi connectivity index (χ0v) is 11.0. The van der Waals surface area contributed by atoms with E-state index in [9.17, 15) is 0 Å². The van der Waals surface area contributed by atoms with Crippen LogP contribution in [0.25, 0.3) is 0 Å². The molecule has 2 aromatic rings. The van der Waals surface area contributed by atoms with Gasteiger partial charge in [-0.25, -0.2) is 0 Å². The molecule has 0 radical (unpaired) electrons. The third kappa shape index (κ3) is 2.87. The van der Waals surface area contributed by atoms with Gasteiger partial charge in [-0.3, -0.25) is 0 Å². The van der Waals surface area contributed by atoms with Crippen LogP contribution < -0.4 is 5.73 Å². The van der Waals surface area contributed by atoms with Gasteiger partial charge in [-0.1, -0.05) is 17.4 Å². The molecule has 0 bridgehead atoms. The summed E-state index contributed by atoms with van der Waals surface area (Å²) < 4.78 is 0.479. The van der Waals surface area contributed by atoms with E-state index in [1.807, 2.05) is 19.1 Å². The van der Waals surface area contributed by atoms with Crippen LogP contribution in [0.1, 0.15) is 10.6 Å². The van der Waals surface area contributed by atoms with Gasteiger partial charge in [0.1, 0.15) is 5.01 Å². The van der Waals surface area contributed by atoms with E-state index in [0.717, 1.165) is 21.3 Å². The molecule has 2 rings (SSSR count). The second kappa shape index (κ2) is 5.03. The number of rotatable bonds is 3. The minimum Gasteiger partial charge on any atom is -0.398 e. The summed E-state index contributed by atoms with van der Waals surface area (Å²) in [6.07, 6.45) is 0. The highest BCUT2D eigenvalue weighted by Crippen LogP contribution is 2.30. The SMILES string of the molecule is Cc1ccc(N)c(SCc2nnc(Cl)s2)c1. The summed E-state index contributed by atoms with van der Waals surface area (Å²) in [6.45, 7) is 2.05. The van der Waals surface area contributed by atoms with Crippen LogP contribution in [0.2, 0.25) is 4.47 Å². The zero-order chi connectivity index (χ0) is 11.5. The van der Waals surface area contributed by atoms with E-state index >= 15 is 0 Å². The molecule has 0 saturated carbocycles. The van der Waals surface area contributed by atoms with Crippen LogP contribution in [0, 0.1) is 6.92 Å². The Labute approximate surface area is 107 Å². The first kappa shape index (κ1) is 11.7. The Morgan fingerprint density at radius 1 is 1.44 bits per heavy atom. The molecule has 1 heterocycles. The van der Waals surface area contributed by atoms with E-state index in [1.165, 1.54) is 16.9 Å². The van der Waals surface area contributed by atoms with Crippen molar-refractivity contribution >= 4 is 40.4 Å². The second-order valence-corrected chi connectivity index (χ2v) is 5.94. The number of nitrogens with zero attached hydrogens (tertiary/aromatic N) is 2. The number of thioether (sulfide) groups is 1. The Balaban J connectivity index is 2.07. The first-order chi connectivity index (χ1) is 7.65. The third-order valence-electron chi connectivity index (χ3n) is 1.96. The van der Waals surface area contributed by atoms with Crippen molar-refractivity contribution in [3.05, 3.63) is 33.2 Å². The quantitative estimate of drug-likeness (QED) is 0.687. The average molecular weight is 272 g/mol. The van der Waals surface area contributed by atoms with E-state index in [-0.39, 0.29) is 0 Å². The molecule has 0 spiro atoms. The summed E-state index contributed by atoms with van der Waals surface area (Å²) in [5.41, 5.74) is 7.88. The molecule has 0 saturated heterocycles. The molecule has 6 heteroatoms. The monoisotopic (exact) mass is 271 g/mol. The van der Waals surface area contributed by atoms with Crippen LogP contribution in [0.4, 0.5) is 5.69 Å². The van der Waals surface area contributed by atoms with Gasteiger partial charge in [-0.2, -0.15) is 0 Å². The molecule has 1 aromatic carbocycles. The van der Waals surface area contributed by atoms with Crippen molar-refractivity contribution in [1.82, 2.24) is 10.2 Å². The van der Waals surface area contributed by atoms with Crippen LogP contribution in [-0.2, 0) is 5.75 Å². The standard InChI is InChI=1S/C10H10ClN3S2/c1-6-2-3-7(12)8(4-6)15-5-9-13-14-10(11)16-9/h2-4H,5,12H2,1H3. The number of hydrogen-bond acceptors (Lipinski definition) is 5. The van der Waals surface area contributed by atoms with E-state index in [0.29, 0.717) is 4.47 Å². The molecule has 3 nitrogen and oxygen atoms in total. The average Bonchev–Trinajstić information content (AvgIpc) is 2.66. The maximum Gasteiger partial charge on any atom is 0.207 e. The summed E-state index contributed by atoms with van der Waals surface area (Å²) in [6, 6.07) is 5.99. The number of aromatic nitrogens is 2. The predicted molar refractivity (Wildman–Crippen MR) is 70.1 cm³/mol. The van der Waals surface area contributed by atoms with E-state index in [1.54, 1.807) is 11.8 Å². The minimum atomic E-state index is 0.479. The first-order valence-electron chi connectivity index (χ1n) is 4.62. The largest absolute Gasteiger partial charge is 0.398 e. The Morgan fingerprint density at radius 2 is 2.25 bits per heavy atom. The fraction of sp³-hybridized carbons (Fsp3) is 0.200. The summed E-state index contributed by atoms with van der Waals surface area (Å²) in [5.74, 6) is 0.748. The van der Waals surface area contributed by atoms with Crippen molar-refractivity contribution in [1.29, 1.82) is 0 Å². The van der Waals surface area contributed by atoms with Crippen LogP contribution in [0.3, 0.4) is 0 Å². The number of anilines is 1. The number of benzene rings is 1. The smallest absolute Gasteiger partial charge is 0.207 e. The van der Waals surface area contributed by atoms with Gasteiger partial charge in [0.15, 0.2) is 0 Å². The molecule has 16 heavy (non-hydrogen) atoms. The summed E-state index contributed by atoms with van der Waals surface area (Å²) >= 11 is 8.76. The van der Waals surface area contributed by atoms with Gasteiger partial charge in [-0.05, 0) is 36.2 Å². The van der Waals surface area contributed by atoms with Crippen molar-refractivity contribution in [3.63, 3.8) is 0 Å². The molecule has 0 atom stereocenters. The number of aryl methyl sites for hydroxylation is 1. The van der Waals surface area contributed by atoms with Crippen molar-refractivity contribution in [3.8, 4) is 0 Å². The lowest BCUT2D eigenvalue weighted by Crippen LogP contribution is -1.89. The van der Waals surface area contributed by atoms with Crippen LogP contribution >= 0.6 is 34.7 Å². The molecule has 84 valence electrons. The first-order valence-corrected chi connectivity index (χ1v) is 6.80. The maximum absolute atomic E-state index is 5.88. The van der Waals surface area contributed by atoms with Crippen molar-refractivity contribution in [2.24, 2.45) is 0 Å². The van der Waals surface area contributed by atoms with Gasteiger partial charge in [0.2, 0.25) is 4.47 Å². The van der Waals surface area contributed by atoms with Crippen molar-refractivity contribution in [2.75, 3.05) is 5.73 Å². The lowest BCUT2D eigenvalue weighted by Gasteiger charge is -2.04. The highest BCUT2D eigenvalue weighted by molar-refractivity contribution is 7.98. The van der Waals surface area contributed by atoms with Gasteiger partial charge >= 0.3 is 0 Å². The summed E-state index contributed by atoms with van der Waals surface area (Å²) in [7, 11) is 0. The van der Waals surface area contributed by atoms with Gasteiger partial charge in [-0.15, -0.1) is 22.0 Å². The molecule has 2 N–H and O–H groups in total. The van der Waals surface area contributed by atoms with Crippen molar-refractivity contribution < 1.29 is 0 Å². The minimum absolute atomic E-state index is 0.479. The van der Waals surface area contributed by atoms with E-state index in [2.05, 4.69) is 16.3 Å². The fourth-order valence-corrected chi connectivity index (χ4v) is 3.11.